The summed E-state index contributed by atoms with van der Waals surface area (Å²) in [6.07, 6.45) is 4.59. The van der Waals surface area contributed by atoms with E-state index in [4.69, 9.17) is 0 Å². The summed E-state index contributed by atoms with van der Waals surface area (Å²) >= 11 is 0. The maximum Gasteiger partial charge on any atom is 0.315 e. The standard InChI is InChI=1S/C16H24N4O3/c1-12-6-2-3-7-13(12)19-16(21)18-11-10-17-14-8-4-5-9-15(14)20(22)23/h4-5,8-9,12-13,17H,2-3,6-7,10-11H2,1H3,(H2,18,19,21)/t12-,13+/m1/s1. The van der Waals surface area contributed by atoms with Gasteiger partial charge >= 0.3 is 6.03 Å². The monoisotopic (exact) mass is 320 g/mol. The van der Waals surface area contributed by atoms with Gasteiger partial charge in [-0.3, -0.25) is 10.1 Å². The number of nitro benzene ring substituents is 1. The summed E-state index contributed by atoms with van der Waals surface area (Å²) in [5.41, 5.74) is 0.494. The van der Waals surface area contributed by atoms with Crippen molar-refractivity contribution < 1.29 is 9.72 Å². The summed E-state index contributed by atoms with van der Waals surface area (Å²) in [4.78, 5) is 22.4. The molecular weight excluding hydrogens is 296 g/mol. The van der Waals surface area contributed by atoms with Crippen LogP contribution in [0, 0.1) is 16.0 Å². The Bertz CT molecular complexity index is 550. The topological polar surface area (TPSA) is 96.3 Å². The van der Waals surface area contributed by atoms with Crippen molar-refractivity contribution in [2.75, 3.05) is 18.4 Å². The smallest absolute Gasteiger partial charge is 0.315 e. The predicted molar refractivity (Wildman–Crippen MR) is 89.5 cm³/mol. The Hall–Kier alpha value is -2.31. The number of benzene rings is 1. The number of anilines is 1. The zero-order chi connectivity index (χ0) is 16.7. The Morgan fingerprint density at radius 3 is 2.74 bits per heavy atom. The summed E-state index contributed by atoms with van der Waals surface area (Å²) in [6.45, 7) is 3.00. The fraction of sp³-hybridized carbons (Fsp3) is 0.562. The van der Waals surface area contributed by atoms with Crippen LogP contribution in [0.5, 0.6) is 0 Å². The van der Waals surface area contributed by atoms with Crippen LogP contribution in [0.15, 0.2) is 24.3 Å². The van der Waals surface area contributed by atoms with E-state index in [1.165, 1.54) is 12.5 Å². The van der Waals surface area contributed by atoms with E-state index < -0.39 is 4.92 Å². The van der Waals surface area contributed by atoms with Crippen molar-refractivity contribution in [3.63, 3.8) is 0 Å². The first-order valence-corrected chi connectivity index (χ1v) is 8.09. The molecule has 0 spiro atoms. The van der Waals surface area contributed by atoms with Crippen LogP contribution in [-0.2, 0) is 0 Å². The first-order valence-electron chi connectivity index (χ1n) is 8.09. The molecule has 2 rings (SSSR count). The van der Waals surface area contributed by atoms with E-state index in [1.54, 1.807) is 18.2 Å². The molecule has 3 N–H and O–H groups in total. The number of carbonyl (C=O) groups excluding carboxylic acids is 1. The fourth-order valence-electron chi connectivity index (χ4n) is 2.91. The Balaban J connectivity index is 1.71. The van der Waals surface area contributed by atoms with Crippen LogP contribution in [0.2, 0.25) is 0 Å². The summed E-state index contributed by atoms with van der Waals surface area (Å²) in [6, 6.07) is 6.54. The Kier molecular flexibility index (Phi) is 6.19. The summed E-state index contributed by atoms with van der Waals surface area (Å²) in [5.74, 6) is 0.514. The van der Waals surface area contributed by atoms with Gasteiger partial charge < -0.3 is 16.0 Å². The lowest BCUT2D eigenvalue weighted by atomic mass is 9.86. The minimum absolute atomic E-state index is 0.0352. The minimum atomic E-state index is -0.424. The van der Waals surface area contributed by atoms with Gasteiger partial charge in [-0.1, -0.05) is 31.9 Å². The molecule has 0 radical (unpaired) electrons. The van der Waals surface area contributed by atoms with Crippen molar-refractivity contribution in [3.05, 3.63) is 34.4 Å². The molecule has 23 heavy (non-hydrogen) atoms. The SMILES string of the molecule is C[C@@H]1CCCC[C@@H]1NC(=O)NCCNc1ccccc1[N+](=O)[O-]. The largest absolute Gasteiger partial charge is 0.378 e. The second-order valence-electron chi connectivity index (χ2n) is 5.97. The molecule has 1 aromatic rings. The molecule has 7 nitrogen and oxygen atoms in total. The van der Waals surface area contributed by atoms with E-state index in [0.717, 1.165) is 19.3 Å². The van der Waals surface area contributed by atoms with Crippen molar-refractivity contribution in [1.82, 2.24) is 10.6 Å². The quantitative estimate of drug-likeness (QED) is 0.426. The van der Waals surface area contributed by atoms with Crippen molar-refractivity contribution in [2.24, 2.45) is 5.92 Å². The van der Waals surface area contributed by atoms with E-state index >= 15 is 0 Å². The molecule has 2 amide bonds. The van der Waals surface area contributed by atoms with Gasteiger partial charge in [0.15, 0.2) is 0 Å². The molecule has 7 heteroatoms. The molecule has 1 aliphatic rings. The predicted octanol–water partition coefficient (Wildman–Crippen LogP) is 2.88. The third-order valence-corrected chi connectivity index (χ3v) is 4.25. The number of hydrogen-bond donors (Lipinski definition) is 3. The minimum Gasteiger partial charge on any atom is -0.378 e. The third kappa shape index (κ3) is 5.12. The van der Waals surface area contributed by atoms with Gasteiger partial charge in [-0.2, -0.15) is 0 Å². The molecule has 0 saturated heterocycles. The fourth-order valence-corrected chi connectivity index (χ4v) is 2.91. The van der Waals surface area contributed by atoms with Gasteiger partial charge in [-0.15, -0.1) is 0 Å². The van der Waals surface area contributed by atoms with E-state index in [2.05, 4.69) is 22.9 Å². The molecule has 126 valence electrons. The number of nitrogens with one attached hydrogen (secondary N) is 3. The molecule has 0 heterocycles. The van der Waals surface area contributed by atoms with Gasteiger partial charge in [0.05, 0.1) is 4.92 Å². The van der Waals surface area contributed by atoms with Gasteiger partial charge in [-0.25, -0.2) is 4.79 Å². The molecule has 2 atom stereocenters. The molecule has 0 bridgehead atoms. The molecule has 1 aromatic carbocycles. The molecule has 1 saturated carbocycles. The first kappa shape index (κ1) is 17.1. The maximum absolute atomic E-state index is 11.9. The van der Waals surface area contributed by atoms with Gasteiger partial charge in [-0.05, 0) is 24.8 Å². The van der Waals surface area contributed by atoms with E-state index in [0.29, 0.717) is 24.7 Å². The van der Waals surface area contributed by atoms with E-state index in [1.807, 2.05) is 0 Å². The highest BCUT2D eigenvalue weighted by Gasteiger charge is 2.22. The highest BCUT2D eigenvalue weighted by molar-refractivity contribution is 5.74. The Labute approximate surface area is 136 Å². The van der Waals surface area contributed by atoms with Crippen LogP contribution in [0.1, 0.15) is 32.6 Å². The number of nitro groups is 1. The average Bonchev–Trinajstić information content (AvgIpc) is 2.54. The lowest BCUT2D eigenvalue weighted by molar-refractivity contribution is -0.384. The van der Waals surface area contributed by atoms with Gasteiger partial charge in [0.2, 0.25) is 0 Å². The normalized spacial score (nSPS) is 20.6. The number of para-hydroxylation sites is 2. The van der Waals surface area contributed by atoms with Crippen LogP contribution in [0.25, 0.3) is 0 Å². The van der Waals surface area contributed by atoms with Gasteiger partial charge in [0.25, 0.3) is 5.69 Å². The second kappa shape index (κ2) is 8.36. The van der Waals surface area contributed by atoms with E-state index in [-0.39, 0.29) is 17.8 Å². The molecule has 1 fully saturated rings. The molecule has 0 unspecified atom stereocenters. The van der Waals surface area contributed by atoms with Crippen LogP contribution in [-0.4, -0.2) is 30.1 Å². The van der Waals surface area contributed by atoms with Crippen LogP contribution in [0.4, 0.5) is 16.2 Å². The van der Waals surface area contributed by atoms with Crippen LogP contribution < -0.4 is 16.0 Å². The van der Waals surface area contributed by atoms with Crippen LogP contribution in [0.3, 0.4) is 0 Å². The number of carbonyl (C=O) groups is 1. The number of amides is 2. The molecule has 0 aliphatic heterocycles. The third-order valence-electron chi connectivity index (χ3n) is 4.25. The van der Waals surface area contributed by atoms with Crippen molar-refractivity contribution in [3.8, 4) is 0 Å². The number of rotatable bonds is 6. The van der Waals surface area contributed by atoms with Crippen molar-refractivity contribution >= 4 is 17.4 Å². The Morgan fingerprint density at radius 2 is 2.00 bits per heavy atom. The highest BCUT2D eigenvalue weighted by Crippen LogP contribution is 2.24. The van der Waals surface area contributed by atoms with Gasteiger partial charge in [0, 0.05) is 25.2 Å². The zero-order valence-corrected chi connectivity index (χ0v) is 13.4. The lowest BCUT2D eigenvalue weighted by Crippen LogP contribution is -2.47. The number of nitrogens with zero attached hydrogens (tertiary/aromatic N) is 1. The molecular formula is C16H24N4O3. The van der Waals surface area contributed by atoms with E-state index in [9.17, 15) is 14.9 Å². The number of urea groups is 1. The highest BCUT2D eigenvalue weighted by atomic mass is 16.6. The zero-order valence-electron chi connectivity index (χ0n) is 13.4. The maximum atomic E-state index is 11.9. The van der Waals surface area contributed by atoms with Crippen molar-refractivity contribution in [2.45, 2.75) is 38.6 Å². The summed E-state index contributed by atoms with van der Waals surface area (Å²) in [5, 5.41) is 19.7. The van der Waals surface area contributed by atoms with Crippen LogP contribution >= 0.6 is 0 Å². The molecule has 0 aromatic heterocycles. The first-order chi connectivity index (χ1) is 11.1. The second-order valence-corrected chi connectivity index (χ2v) is 5.97. The summed E-state index contributed by atoms with van der Waals surface area (Å²) in [7, 11) is 0. The molecule has 1 aliphatic carbocycles. The average molecular weight is 320 g/mol. The lowest BCUT2D eigenvalue weighted by Gasteiger charge is -2.29. The van der Waals surface area contributed by atoms with Crippen molar-refractivity contribution in [1.29, 1.82) is 0 Å². The Morgan fingerprint density at radius 1 is 1.26 bits per heavy atom. The van der Waals surface area contributed by atoms with Gasteiger partial charge in [0.1, 0.15) is 5.69 Å². The number of hydrogen-bond acceptors (Lipinski definition) is 4. The summed E-state index contributed by atoms with van der Waals surface area (Å²) < 4.78 is 0.